The third-order valence-electron chi connectivity index (χ3n) is 4.99. The van der Waals surface area contributed by atoms with Gasteiger partial charge in [0.1, 0.15) is 12.4 Å². The monoisotopic (exact) mass is 543 g/mol. The zero-order valence-electron chi connectivity index (χ0n) is 16.4. The van der Waals surface area contributed by atoms with Crippen molar-refractivity contribution in [2.45, 2.75) is 20.1 Å². The van der Waals surface area contributed by atoms with E-state index in [4.69, 9.17) is 16.3 Å². The lowest BCUT2D eigenvalue weighted by Crippen LogP contribution is -2.05. The summed E-state index contributed by atoms with van der Waals surface area (Å²) in [5.41, 5.74) is 4.24. The van der Waals surface area contributed by atoms with E-state index in [1.54, 1.807) is 0 Å². The minimum absolute atomic E-state index is 0.491. The van der Waals surface area contributed by atoms with E-state index >= 15 is 0 Å². The Morgan fingerprint density at radius 1 is 0.900 bits per heavy atom. The highest BCUT2D eigenvalue weighted by molar-refractivity contribution is 9.11. The molecule has 5 heteroatoms. The van der Waals surface area contributed by atoms with Crippen LogP contribution in [-0.2, 0) is 13.2 Å². The predicted octanol–water partition coefficient (Wildman–Crippen LogP) is 8.52. The summed E-state index contributed by atoms with van der Waals surface area (Å²) in [5, 5.41) is 6.62. The third-order valence-corrected chi connectivity index (χ3v) is 6.45. The number of fused-ring (bicyclic) bond motifs is 1. The first kappa shape index (κ1) is 21.2. The van der Waals surface area contributed by atoms with Gasteiger partial charge in [-0.3, -0.25) is 0 Å². The second kappa shape index (κ2) is 9.42. The fourth-order valence-electron chi connectivity index (χ4n) is 3.37. The lowest BCUT2D eigenvalue weighted by molar-refractivity contribution is 0.302. The summed E-state index contributed by atoms with van der Waals surface area (Å²) < 4.78 is 8.22. The highest BCUT2D eigenvalue weighted by Gasteiger charge is 2.12. The molecule has 30 heavy (non-hydrogen) atoms. The Morgan fingerprint density at radius 2 is 1.70 bits per heavy atom. The van der Waals surface area contributed by atoms with Crippen LogP contribution < -0.4 is 10.1 Å². The van der Waals surface area contributed by atoms with E-state index < -0.39 is 0 Å². The largest absolute Gasteiger partial charge is 0.487 e. The predicted molar refractivity (Wildman–Crippen MR) is 134 cm³/mol. The minimum Gasteiger partial charge on any atom is -0.487 e. The Labute approximate surface area is 198 Å². The maximum absolute atomic E-state index is 6.31. The number of aryl methyl sites for hydroxylation is 1. The van der Waals surface area contributed by atoms with Crippen LogP contribution in [0.3, 0.4) is 0 Å². The average molecular weight is 546 g/mol. The topological polar surface area (TPSA) is 21.3 Å². The highest BCUT2D eigenvalue weighted by Crippen LogP contribution is 2.35. The first-order valence-electron chi connectivity index (χ1n) is 9.58. The average Bonchev–Trinajstić information content (AvgIpc) is 2.74. The molecule has 0 amide bonds. The summed E-state index contributed by atoms with van der Waals surface area (Å²) in [6, 6.07) is 24.7. The zero-order valence-corrected chi connectivity index (χ0v) is 20.3. The Kier molecular flexibility index (Phi) is 6.67. The summed E-state index contributed by atoms with van der Waals surface area (Å²) in [6.45, 7) is 3.10. The van der Waals surface area contributed by atoms with Gasteiger partial charge in [-0.25, -0.2) is 0 Å². The van der Waals surface area contributed by atoms with Crippen molar-refractivity contribution in [2.75, 3.05) is 5.32 Å². The van der Waals surface area contributed by atoms with Gasteiger partial charge in [0.15, 0.2) is 0 Å². The molecule has 4 aromatic carbocycles. The van der Waals surface area contributed by atoms with E-state index in [1.165, 1.54) is 10.8 Å². The molecule has 0 bridgehead atoms. The van der Waals surface area contributed by atoms with Gasteiger partial charge in [-0.2, -0.15) is 0 Å². The van der Waals surface area contributed by atoms with Gasteiger partial charge < -0.3 is 10.1 Å². The van der Waals surface area contributed by atoms with Crippen molar-refractivity contribution in [3.63, 3.8) is 0 Å². The lowest BCUT2D eigenvalue weighted by atomic mass is 10.1. The van der Waals surface area contributed by atoms with Crippen LogP contribution in [0.2, 0.25) is 5.02 Å². The second-order valence-corrected chi connectivity index (χ2v) is 9.30. The van der Waals surface area contributed by atoms with E-state index in [9.17, 15) is 0 Å². The normalized spacial score (nSPS) is 10.9. The molecule has 4 aromatic rings. The van der Waals surface area contributed by atoms with Crippen LogP contribution in [0.1, 0.15) is 16.7 Å². The van der Waals surface area contributed by atoms with Crippen LogP contribution in [0, 0.1) is 6.92 Å². The second-order valence-electron chi connectivity index (χ2n) is 7.12. The van der Waals surface area contributed by atoms with E-state index in [0.717, 1.165) is 42.1 Å². The molecule has 0 aromatic heterocycles. The van der Waals surface area contributed by atoms with Gasteiger partial charge in [0.05, 0.1) is 4.47 Å². The van der Waals surface area contributed by atoms with Crippen molar-refractivity contribution in [3.05, 3.63) is 103 Å². The molecule has 0 aliphatic carbocycles. The molecule has 2 nitrogen and oxygen atoms in total. The zero-order chi connectivity index (χ0) is 21.1. The smallest absolute Gasteiger partial charge is 0.139 e. The van der Waals surface area contributed by atoms with Crippen LogP contribution in [-0.4, -0.2) is 0 Å². The number of nitrogens with one attached hydrogen (secondary N) is 1. The summed E-state index contributed by atoms with van der Waals surface area (Å²) in [5.74, 6) is 0.830. The summed E-state index contributed by atoms with van der Waals surface area (Å²) in [4.78, 5) is 0. The Morgan fingerprint density at radius 3 is 2.53 bits per heavy atom. The van der Waals surface area contributed by atoms with Crippen LogP contribution >= 0.6 is 43.5 Å². The molecular weight excluding hydrogens is 526 g/mol. The van der Waals surface area contributed by atoms with Gasteiger partial charge in [-0.05, 0) is 69.0 Å². The summed E-state index contributed by atoms with van der Waals surface area (Å²) >= 11 is 13.5. The van der Waals surface area contributed by atoms with Gasteiger partial charge >= 0.3 is 0 Å². The minimum atomic E-state index is 0.491. The van der Waals surface area contributed by atoms with Gasteiger partial charge in [0.25, 0.3) is 0 Å². The van der Waals surface area contributed by atoms with Crippen molar-refractivity contribution >= 4 is 59.9 Å². The molecule has 0 heterocycles. The molecule has 0 aliphatic rings. The number of ether oxygens (including phenoxy) is 1. The van der Waals surface area contributed by atoms with Crippen molar-refractivity contribution < 1.29 is 4.74 Å². The molecule has 0 saturated heterocycles. The third kappa shape index (κ3) is 4.83. The highest BCUT2D eigenvalue weighted by atomic mass is 79.9. The Hall–Kier alpha value is -2.01. The van der Waals surface area contributed by atoms with Gasteiger partial charge in [0.2, 0.25) is 0 Å². The first-order valence-corrected chi connectivity index (χ1v) is 11.5. The fraction of sp³-hybridized carbons (Fsp3) is 0.120. The Bertz CT molecular complexity index is 1200. The molecule has 0 atom stereocenters. The molecule has 0 radical (unpaired) electrons. The molecule has 4 rings (SSSR count). The van der Waals surface area contributed by atoms with Gasteiger partial charge in [-0.1, -0.05) is 76.1 Å². The van der Waals surface area contributed by atoms with E-state index in [-0.39, 0.29) is 0 Å². The molecule has 0 saturated carbocycles. The summed E-state index contributed by atoms with van der Waals surface area (Å²) in [7, 11) is 0. The van der Waals surface area contributed by atoms with Crippen molar-refractivity contribution in [1.29, 1.82) is 0 Å². The molecular formula is C25H20Br2ClNO. The van der Waals surface area contributed by atoms with E-state index in [0.29, 0.717) is 13.2 Å². The number of halogens is 3. The van der Waals surface area contributed by atoms with Crippen LogP contribution in [0.25, 0.3) is 10.8 Å². The van der Waals surface area contributed by atoms with Crippen molar-refractivity contribution in [2.24, 2.45) is 0 Å². The molecule has 1 N–H and O–H groups in total. The number of hydrogen-bond donors (Lipinski definition) is 1. The van der Waals surface area contributed by atoms with Crippen LogP contribution in [0.5, 0.6) is 5.75 Å². The molecule has 0 fully saturated rings. The first-order chi connectivity index (χ1) is 14.5. The van der Waals surface area contributed by atoms with Crippen LogP contribution in [0.15, 0.2) is 81.7 Å². The van der Waals surface area contributed by atoms with Crippen molar-refractivity contribution in [1.82, 2.24) is 0 Å². The standard InChI is InChI=1S/C25H20Br2ClNO/c1-16-9-10-21(13-24(16)28)29-14-19-11-20(26)12-23(27)25(19)30-15-18-7-4-6-17-5-2-3-8-22(17)18/h2-13,29H,14-15H2,1H3. The number of hydrogen-bond acceptors (Lipinski definition) is 2. The van der Waals surface area contributed by atoms with Gasteiger partial charge in [-0.15, -0.1) is 0 Å². The molecule has 0 aliphatic heterocycles. The summed E-state index contributed by atoms with van der Waals surface area (Å²) in [6.07, 6.45) is 0. The van der Waals surface area contributed by atoms with Gasteiger partial charge in [0, 0.05) is 27.3 Å². The molecule has 0 spiro atoms. The van der Waals surface area contributed by atoms with E-state index in [2.05, 4.69) is 85.7 Å². The SMILES string of the molecule is Cc1ccc(NCc2cc(Br)cc(Br)c2OCc2cccc3ccccc23)cc1Cl. The quantitative estimate of drug-likeness (QED) is 0.262. The van der Waals surface area contributed by atoms with Crippen LogP contribution in [0.4, 0.5) is 5.69 Å². The Balaban J connectivity index is 1.57. The maximum atomic E-state index is 6.31. The number of rotatable bonds is 6. The maximum Gasteiger partial charge on any atom is 0.139 e. The van der Waals surface area contributed by atoms with Crippen molar-refractivity contribution in [3.8, 4) is 5.75 Å². The number of anilines is 1. The molecule has 152 valence electrons. The lowest BCUT2D eigenvalue weighted by Gasteiger charge is -2.16. The van der Waals surface area contributed by atoms with E-state index in [1.807, 2.05) is 31.2 Å². The molecule has 0 unspecified atom stereocenters. The fourth-order valence-corrected chi connectivity index (χ4v) is 4.98. The number of benzene rings is 4.